The molecule has 0 bridgehead atoms. The molecule has 3 nitrogen and oxygen atoms in total. The molecular weight excluding hydrogens is 200 g/mol. The zero-order valence-electron chi connectivity index (χ0n) is 8.28. The molecule has 0 atom stereocenters. The van der Waals surface area contributed by atoms with E-state index in [1.807, 2.05) is 26.0 Å². The Morgan fingerprint density at radius 1 is 1.29 bits per heavy atom. The van der Waals surface area contributed by atoms with Crippen molar-refractivity contribution < 1.29 is 4.74 Å². The molecule has 0 aliphatic rings. The van der Waals surface area contributed by atoms with Crippen molar-refractivity contribution in [3.8, 4) is 5.75 Å². The Morgan fingerprint density at radius 3 is 2.14 bits per heavy atom. The van der Waals surface area contributed by atoms with E-state index in [9.17, 15) is 0 Å². The number of nitrogens with two attached hydrogens (primary N) is 1. The van der Waals surface area contributed by atoms with Crippen molar-refractivity contribution in [2.75, 3.05) is 0 Å². The summed E-state index contributed by atoms with van der Waals surface area (Å²) < 4.78 is 5.44. The average Bonchev–Trinajstić information content (AvgIpc) is 2.04. The van der Waals surface area contributed by atoms with Gasteiger partial charge in [-0.3, -0.25) is 5.41 Å². The monoisotopic (exact) mass is 214 g/mol. The molecule has 1 aromatic rings. The van der Waals surface area contributed by atoms with E-state index in [1.54, 1.807) is 12.1 Å². The molecule has 0 aliphatic carbocycles. The lowest BCUT2D eigenvalue weighted by atomic mass is 10.2. The number of hydrogen-bond acceptors (Lipinski definition) is 2. The van der Waals surface area contributed by atoms with Gasteiger partial charge in [-0.2, -0.15) is 0 Å². The summed E-state index contributed by atoms with van der Waals surface area (Å²) in [6.45, 7) is 3.94. The maximum Gasteiger partial charge on any atom is 0.122 e. The lowest BCUT2D eigenvalue weighted by Gasteiger charge is -2.09. The number of benzene rings is 1. The number of ether oxygens (including phenoxy) is 1. The van der Waals surface area contributed by atoms with Gasteiger partial charge in [0.25, 0.3) is 0 Å². The minimum Gasteiger partial charge on any atom is -0.491 e. The van der Waals surface area contributed by atoms with E-state index in [4.69, 9.17) is 15.9 Å². The predicted molar refractivity (Wildman–Crippen MR) is 60.5 cm³/mol. The van der Waals surface area contributed by atoms with Gasteiger partial charge in [0, 0.05) is 5.56 Å². The number of rotatable bonds is 3. The van der Waals surface area contributed by atoms with Crippen LogP contribution >= 0.6 is 12.4 Å². The first-order chi connectivity index (χ1) is 6.09. The SMILES string of the molecule is CC(C)Oc1ccc(C(=N)N)cc1.Cl. The smallest absolute Gasteiger partial charge is 0.122 e. The van der Waals surface area contributed by atoms with Crippen molar-refractivity contribution in [3.05, 3.63) is 29.8 Å². The van der Waals surface area contributed by atoms with Crippen LogP contribution in [0.5, 0.6) is 5.75 Å². The minimum atomic E-state index is 0. The Bertz CT molecular complexity index is 295. The van der Waals surface area contributed by atoms with Crippen LogP contribution in [-0.2, 0) is 0 Å². The highest BCUT2D eigenvalue weighted by Crippen LogP contribution is 2.13. The third-order valence-electron chi connectivity index (χ3n) is 1.54. The Hall–Kier alpha value is -1.22. The fourth-order valence-corrected chi connectivity index (χ4v) is 0.985. The van der Waals surface area contributed by atoms with Gasteiger partial charge in [0.1, 0.15) is 11.6 Å². The Morgan fingerprint density at radius 2 is 1.79 bits per heavy atom. The van der Waals surface area contributed by atoms with Crippen LogP contribution < -0.4 is 10.5 Å². The maximum atomic E-state index is 7.18. The molecule has 78 valence electrons. The standard InChI is InChI=1S/C10H14N2O.ClH/c1-7(2)13-9-5-3-8(4-6-9)10(11)12;/h3-7H,1-2H3,(H3,11,12);1H. The van der Waals surface area contributed by atoms with Gasteiger partial charge < -0.3 is 10.5 Å². The zero-order valence-corrected chi connectivity index (χ0v) is 9.10. The normalized spacial score (nSPS) is 9.36. The van der Waals surface area contributed by atoms with Crippen molar-refractivity contribution in [1.82, 2.24) is 0 Å². The summed E-state index contributed by atoms with van der Waals surface area (Å²) in [4.78, 5) is 0. The second kappa shape index (κ2) is 5.50. The number of halogens is 1. The first-order valence-corrected chi connectivity index (χ1v) is 4.20. The summed E-state index contributed by atoms with van der Waals surface area (Å²) in [5.41, 5.74) is 6.03. The molecular formula is C10H15ClN2O. The van der Waals surface area contributed by atoms with Crippen LogP contribution in [0, 0.1) is 5.41 Å². The molecule has 0 fully saturated rings. The summed E-state index contributed by atoms with van der Waals surface area (Å²) in [6, 6.07) is 7.19. The second-order valence-electron chi connectivity index (χ2n) is 3.10. The highest BCUT2D eigenvalue weighted by molar-refractivity contribution is 5.94. The summed E-state index contributed by atoms with van der Waals surface area (Å²) in [7, 11) is 0. The van der Waals surface area contributed by atoms with Gasteiger partial charge in [-0.25, -0.2) is 0 Å². The van der Waals surface area contributed by atoms with E-state index in [1.165, 1.54) is 0 Å². The average molecular weight is 215 g/mol. The Balaban J connectivity index is 0.00000169. The molecule has 0 heterocycles. The van der Waals surface area contributed by atoms with Gasteiger partial charge in [-0.1, -0.05) is 0 Å². The van der Waals surface area contributed by atoms with Crippen molar-refractivity contribution in [1.29, 1.82) is 5.41 Å². The lowest BCUT2D eigenvalue weighted by molar-refractivity contribution is 0.242. The van der Waals surface area contributed by atoms with Crippen molar-refractivity contribution in [2.45, 2.75) is 20.0 Å². The van der Waals surface area contributed by atoms with Crippen LogP contribution in [0.15, 0.2) is 24.3 Å². The third-order valence-corrected chi connectivity index (χ3v) is 1.54. The van der Waals surface area contributed by atoms with E-state index >= 15 is 0 Å². The Kier molecular flexibility index (Phi) is 5.02. The summed E-state index contributed by atoms with van der Waals surface area (Å²) in [5.74, 6) is 0.885. The molecule has 0 saturated carbocycles. The largest absolute Gasteiger partial charge is 0.491 e. The summed E-state index contributed by atoms with van der Waals surface area (Å²) in [5, 5.41) is 7.18. The molecule has 3 N–H and O–H groups in total. The van der Waals surface area contributed by atoms with Gasteiger partial charge >= 0.3 is 0 Å². The van der Waals surface area contributed by atoms with Gasteiger partial charge in [0.15, 0.2) is 0 Å². The first-order valence-electron chi connectivity index (χ1n) is 4.20. The summed E-state index contributed by atoms with van der Waals surface area (Å²) >= 11 is 0. The van der Waals surface area contributed by atoms with Gasteiger partial charge in [0.05, 0.1) is 6.10 Å². The van der Waals surface area contributed by atoms with Gasteiger partial charge in [-0.15, -0.1) is 12.4 Å². The zero-order chi connectivity index (χ0) is 9.84. The van der Waals surface area contributed by atoms with Crippen molar-refractivity contribution in [2.24, 2.45) is 5.73 Å². The number of hydrogen-bond donors (Lipinski definition) is 2. The fourth-order valence-electron chi connectivity index (χ4n) is 0.985. The predicted octanol–water partition coefficient (Wildman–Crippen LogP) is 2.18. The second-order valence-corrected chi connectivity index (χ2v) is 3.10. The Labute approximate surface area is 90.2 Å². The number of amidine groups is 1. The molecule has 4 heteroatoms. The fraction of sp³-hybridized carbons (Fsp3) is 0.300. The molecule has 0 amide bonds. The topological polar surface area (TPSA) is 59.1 Å². The van der Waals surface area contributed by atoms with Gasteiger partial charge in [0.2, 0.25) is 0 Å². The molecule has 1 aromatic carbocycles. The molecule has 0 unspecified atom stereocenters. The highest BCUT2D eigenvalue weighted by atomic mass is 35.5. The van der Waals surface area contributed by atoms with Crippen LogP contribution in [0.4, 0.5) is 0 Å². The summed E-state index contributed by atoms with van der Waals surface area (Å²) in [6.07, 6.45) is 0.170. The quantitative estimate of drug-likeness (QED) is 0.599. The molecule has 0 aliphatic heterocycles. The number of nitrogen functional groups attached to an aromatic ring is 1. The number of nitrogens with one attached hydrogen (secondary N) is 1. The molecule has 1 rings (SSSR count). The molecule has 14 heavy (non-hydrogen) atoms. The van der Waals surface area contributed by atoms with Crippen molar-refractivity contribution in [3.63, 3.8) is 0 Å². The first kappa shape index (κ1) is 12.8. The minimum absolute atomic E-state index is 0. The van der Waals surface area contributed by atoms with E-state index in [0.29, 0.717) is 0 Å². The van der Waals surface area contributed by atoms with Crippen LogP contribution in [-0.4, -0.2) is 11.9 Å². The van der Waals surface area contributed by atoms with Crippen LogP contribution in [0.2, 0.25) is 0 Å². The third kappa shape index (κ3) is 3.66. The van der Waals surface area contributed by atoms with Crippen LogP contribution in [0.25, 0.3) is 0 Å². The van der Waals surface area contributed by atoms with E-state index in [-0.39, 0.29) is 24.3 Å². The van der Waals surface area contributed by atoms with Gasteiger partial charge in [-0.05, 0) is 38.1 Å². The molecule has 0 radical (unpaired) electrons. The maximum absolute atomic E-state index is 7.18. The lowest BCUT2D eigenvalue weighted by Crippen LogP contribution is -2.11. The van der Waals surface area contributed by atoms with Crippen LogP contribution in [0.3, 0.4) is 0 Å². The van der Waals surface area contributed by atoms with E-state index < -0.39 is 0 Å². The highest BCUT2D eigenvalue weighted by Gasteiger charge is 1.98. The van der Waals surface area contributed by atoms with Crippen molar-refractivity contribution >= 4 is 18.2 Å². The molecule has 0 spiro atoms. The van der Waals surface area contributed by atoms with Crippen LogP contribution in [0.1, 0.15) is 19.4 Å². The van der Waals surface area contributed by atoms with E-state index in [0.717, 1.165) is 11.3 Å². The molecule has 0 saturated heterocycles. The molecule has 0 aromatic heterocycles. The van der Waals surface area contributed by atoms with E-state index in [2.05, 4.69) is 0 Å².